The molecular weight excluding hydrogens is 412 g/mol. The van der Waals surface area contributed by atoms with E-state index in [4.69, 9.17) is 15.1 Å². The summed E-state index contributed by atoms with van der Waals surface area (Å²) in [5.74, 6) is 2.31. The molecule has 33 heavy (non-hydrogen) atoms. The van der Waals surface area contributed by atoms with E-state index in [1.165, 1.54) is 0 Å². The van der Waals surface area contributed by atoms with Crippen molar-refractivity contribution in [1.82, 2.24) is 40.4 Å². The molecule has 3 aromatic heterocycles. The summed E-state index contributed by atoms with van der Waals surface area (Å²) in [4.78, 5) is 9.54. The number of pyridine rings is 1. The molecule has 2 aromatic carbocycles. The lowest BCUT2D eigenvalue weighted by Crippen LogP contribution is -2.08. The van der Waals surface area contributed by atoms with Crippen LogP contribution < -0.4 is 0 Å². The quantitative estimate of drug-likeness (QED) is 0.382. The maximum Gasteiger partial charge on any atom is 0.205 e. The van der Waals surface area contributed by atoms with Gasteiger partial charge in [0.15, 0.2) is 5.82 Å². The molecule has 1 N–H and O–H groups in total. The first kappa shape index (κ1) is 20.7. The summed E-state index contributed by atoms with van der Waals surface area (Å²) >= 11 is 0. The molecule has 0 fully saturated rings. The Bertz CT molecular complexity index is 1310. The zero-order chi connectivity index (χ0) is 22.5. The number of nitrogens with one attached hydrogen (secondary N) is 1. The van der Waals surface area contributed by atoms with Gasteiger partial charge in [-0.3, -0.25) is 4.98 Å². The first-order valence-corrected chi connectivity index (χ1v) is 11.1. The van der Waals surface area contributed by atoms with E-state index in [-0.39, 0.29) is 0 Å². The minimum atomic E-state index is 0.561. The van der Waals surface area contributed by atoms with Gasteiger partial charge in [-0.05, 0) is 23.3 Å². The van der Waals surface area contributed by atoms with Crippen LogP contribution in [0.25, 0.3) is 33.9 Å². The van der Waals surface area contributed by atoms with Crippen molar-refractivity contribution in [3.05, 3.63) is 84.4 Å². The van der Waals surface area contributed by atoms with Gasteiger partial charge in [0.2, 0.25) is 5.82 Å². The summed E-state index contributed by atoms with van der Waals surface area (Å²) < 4.78 is 1.98. The minimum absolute atomic E-state index is 0.561. The molecule has 5 rings (SSSR count). The van der Waals surface area contributed by atoms with Crippen LogP contribution in [0.2, 0.25) is 0 Å². The number of hydrogen-bond donors (Lipinski definition) is 1. The molecule has 164 valence electrons. The van der Waals surface area contributed by atoms with Crippen molar-refractivity contribution in [3.63, 3.8) is 0 Å². The fourth-order valence-corrected chi connectivity index (χ4v) is 3.77. The summed E-state index contributed by atoms with van der Waals surface area (Å²) in [6, 6.07) is 22.2. The second-order valence-electron chi connectivity index (χ2n) is 7.80. The molecule has 8 heteroatoms. The molecule has 0 aliphatic rings. The van der Waals surface area contributed by atoms with Gasteiger partial charge in [0.25, 0.3) is 0 Å². The highest BCUT2D eigenvalue weighted by Gasteiger charge is 2.14. The second kappa shape index (κ2) is 9.52. The molecule has 0 radical (unpaired) electrons. The van der Waals surface area contributed by atoms with Gasteiger partial charge in [0, 0.05) is 29.3 Å². The molecule has 0 amide bonds. The van der Waals surface area contributed by atoms with Crippen LogP contribution in [0.15, 0.2) is 72.9 Å². The maximum absolute atomic E-state index is 4.82. The zero-order valence-corrected chi connectivity index (χ0v) is 18.4. The van der Waals surface area contributed by atoms with Crippen molar-refractivity contribution < 1.29 is 0 Å². The Morgan fingerprint density at radius 1 is 0.848 bits per heavy atom. The average Bonchev–Trinajstić information content (AvgIpc) is 3.54. The van der Waals surface area contributed by atoms with Crippen LogP contribution in [0.4, 0.5) is 0 Å². The van der Waals surface area contributed by atoms with Gasteiger partial charge < -0.3 is 0 Å². The molecule has 0 atom stereocenters. The highest BCUT2D eigenvalue weighted by atomic mass is 15.5. The minimum Gasteiger partial charge on any atom is -0.259 e. The molecule has 0 bridgehead atoms. The Labute approximate surface area is 191 Å². The number of hydrogen-bond acceptors (Lipinski definition) is 6. The summed E-state index contributed by atoms with van der Waals surface area (Å²) in [6.07, 6.45) is 4.97. The number of aromatic nitrogens is 8. The van der Waals surface area contributed by atoms with Crippen molar-refractivity contribution in [2.75, 3.05) is 0 Å². The third-order valence-electron chi connectivity index (χ3n) is 5.50. The summed E-state index contributed by atoms with van der Waals surface area (Å²) in [7, 11) is 0. The van der Waals surface area contributed by atoms with Crippen LogP contribution in [0.1, 0.15) is 31.3 Å². The molecule has 0 spiro atoms. The molecule has 0 saturated heterocycles. The molecule has 0 unspecified atom stereocenters. The Morgan fingerprint density at radius 2 is 1.67 bits per heavy atom. The Balaban J connectivity index is 1.42. The standard InChI is InChI=1S/C25H24N8/c1-2-3-13-23-27-24(18-9-5-4-6-10-18)30-33(23)17-20-15-14-19(16-26-20)21-11-7-8-12-22(21)25-28-31-32-29-25/h4-12,14-16H,2-3,13,17H2,1H3,(H,28,29,31,32). The second-order valence-corrected chi connectivity index (χ2v) is 7.80. The molecular formula is C25H24N8. The van der Waals surface area contributed by atoms with E-state index in [0.29, 0.717) is 12.4 Å². The highest BCUT2D eigenvalue weighted by Crippen LogP contribution is 2.29. The number of nitrogens with zero attached hydrogens (tertiary/aromatic N) is 7. The van der Waals surface area contributed by atoms with Gasteiger partial charge in [-0.2, -0.15) is 10.3 Å². The van der Waals surface area contributed by atoms with Crippen LogP contribution >= 0.6 is 0 Å². The smallest absolute Gasteiger partial charge is 0.205 e. The predicted octanol–water partition coefficient (Wildman–Crippen LogP) is 4.58. The van der Waals surface area contributed by atoms with Crippen molar-refractivity contribution in [1.29, 1.82) is 0 Å². The van der Waals surface area contributed by atoms with E-state index >= 15 is 0 Å². The normalized spacial score (nSPS) is 11.1. The van der Waals surface area contributed by atoms with Crippen molar-refractivity contribution in [2.24, 2.45) is 0 Å². The first-order valence-electron chi connectivity index (χ1n) is 11.1. The Kier molecular flexibility index (Phi) is 5.97. The van der Waals surface area contributed by atoms with Gasteiger partial charge in [-0.1, -0.05) is 74.0 Å². The molecule has 0 saturated carbocycles. The van der Waals surface area contributed by atoms with Gasteiger partial charge in [0.1, 0.15) is 5.82 Å². The summed E-state index contributed by atoms with van der Waals surface area (Å²) in [5, 5.41) is 19.2. The Hall–Kier alpha value is -4.20. The van der Waals surface area contributed by atoms with Crippen LogP contribution in [0.3, 0.4) is 0 Å². The van der Waals surface area contributed by atoms with E-state index in [0.717, 1.165) is 58.9 Å². The van der Waals surface area contributed by atoms with E-state index in [9.17, 15) is 0 Å². The largest absolute Gasteiger partial charge is 0.259 e. The van der Waals surface area contributed by atoms with E-state index in [2.05, 4.69) is 33.6 Å². The number of aryl methyl sites for hydroxylation is 1. The van der Waals surface area contributed by atoms with Crippen molar-refractivity contribution in [3.8, 4) is 33.9 Å². The zero-order valence-electron chi connectivity index (χ0n) is 18.4. The van der Waals surface area contributed by atoms with E-state index < -0.39 is 0 Å². The van der Waals surface area contributed by atoms with Crippen molar-refractivity contribution in [2.45, 2.75) is 32.7 Å². The first-order chi connectivity index (χ1) is 16.3. The molecule has 0 aliphatic carbocycles. The number of rotatable bonds is 8. The summed E-state index contributed by atoms with van der Waals surface area (Å²) in [6.45, 7) is 2.76. The third kappa shape index (κ3) is 4.55. The topological polar surface area (TPSA) is 98.1 Å². The number of benzene rings is 2. The highest BCUT2D eigenvalue weighted by molar-refractivity contribution is 5.79. The lowest BCUT2D eigenvalue weighted by molar-refractivity contribution is 0.610. The van der Waals surface area contributed by atoms with Gasteiger partial charge in [-0.25, -0.2) is 9.67 Å². The van der Waals surface area contributed by atoms with E-state index in [1.807, 2.05) is 71.5 Å². The van der Waals surface area contributed by atoms with Crippen LogP contribution in [-0.2, 0) is 13.0 Å². The monoisotopic (exact) mass is 436 g/mol. The summed E-state index contributed by atoms with van der Waals surface area (Å²) in [5.41, 5.74) is 4.86. The molecule has 3 heterocycles. The van der Waals surface area contributed by atoms with Crippen LogP contribution in [0, 0.1) is 0 Å². The van der Waals surface area contributed by atoms with Crippen LogP contribution in [0.5, 0.6) is 0 Å². The number of H-pyrrole nitrogens is 1. The van der Waals surface area contributed by atoms with Gasteiger partial charge >= 0.3 is 0 Å². The van der Waals surface area contributed by atoms with Crippen molar-refractivity contribution >= 4 is 0 Å². The lowest BCUT2D eigenvalue weighted by Gasteiger charge is -2.08. The SMILES string of the molecule is CCCCc1nc(-c2ccccc2)nn1Cc1ccc(-c2ccccc2-c2nn[nH]n2)cn1. The third-order valence-corrected chi connectivity index (χ3v) is 5.50. The van der Waals surface area contributed by atoms with Gasteiger partial charge in [0.05, 0.1) is 12.2 Å². The fourth-order valence-electron chi connectivity index (χ4n) is 3.77. The fraction of sp³-hybridized carbons (Fsp3) is 0.200. The van der Waals surface area contributed by atoms with Gasteiger partial charge in [-0.15, -0.1) is 10.2 Å². The molecule has 5 aromatic rings. The predicted molar refractivity (Wildman–Crippen MR) is 126 cm³/mol. The number of unbranched alkanes of at least 4 members (excludes halogenated alkanes) is 1. The van der Waals surface area contributed by atoms with E-state index in [1.54, 1.807) is 0 Å². The Morgan fingerprint density at radius 3 is 2.39 bits per heavy atom. The average molecular weight is 437 g/mol. The van der Waals surface area contributed by atoms with Crippen LogP contribution in [-0.4, -0.2) is 40.4 Å². The molecule has 8 nitrogen and oxygen atoms in total. The molecule has 0 aliphatic heterocycles. The number of aromatic amines is 1. The lowest BCUT2D eigenvalue weighted by atomic mass is 10.0. The number of tetrazole rings is 1. The maximum atomic E-state index is 4.82.